The van der Waals surface area contributed by atoms with Crippen molar-refractivity contribution in [3.8, 4) is 0 Å². The van der Waals surface area contributed by atoms with Crippen LogP contribution >= 0.6 is 11.6 Å². The van der Waals surface area contributed by atoms with Gasteiger partial charge in [-0.15, -0.1) is 0 Å². The highest BCUT2D eigenvalue weighted by Crippen LogP contribution is 2.41. The summed E-state index contributed by atoms with van der Waals surface area (Å²) in [6.07, 6.45) is 4.43. The van der Waals surface area contributed by atoms with Crippen LogP contribution in [0.2, 0.25) is 5.02 Å². The predicted molar refractivity (Wildman–Crippen MR) is 79.5 cm³/mol. The fraction of sp³-hybridized carbons (Fsp3) is 0.533. The van der Waals surface area contributed by atoms with E-state index in [-0.39, 0.29) is 5.54 Å². The average Bonchev–Trinajstić information content (AvgIpc) is 3.10. The van der Waals surface area contributed by atoms with E-state index in [0.717, 1.165) is 34.7 Å². The van der Waals surface area contributed by atoms with E-state index in [1.807, 2.05) is 18.2 Å². The normalized spacial score (nSPS) is 18.7. The zero-order chi connectivity index (χ0) is 13.6. The average molecular weight is 278 g/mol. The summed E-state index contributed by atoms with van der Waals surface area (Å²) in [4.78, 5) is 4.78. The van der Waals surface area contributed by atoms with E-state index >= 15 is 0 Å². The monoisotopic (exact) mass is 277 g/mol. The van der Waals surface area contributed by atoms with Crippen molar-refractivity contribution in [2.75, 3.05) is 0 Å². The molecule has 1 aromatic carbocycles. The number of hydrogen-bond acceptors (Lipinski definition) is 2. The van der Waals surface area contributed by atoms with Gasteiger partial charge in [-0.25, -0.2) is 4.98 Å². The molecule has 0 saturated heterocycles. The van der Waals surface area contributed by atoms with Gasteiger partial charge in [-0.05, 0) is 44.4 Å². The van der Waals surface area contributed by atoms with Gasteiger partial charge in [0.05, 0.1) is 16.6 Å². The summed E-state index contributed by atoms with van der Waals surface area (Å²) in [5, 5.41) is 0.759. The predicted octanol–water partition coefficient (Wildman–Crippen LogP) is 4.00. The van der Waals surface area contributed by atoms with Crippen molar-refractivity contribution in [3.05, 3.63) is 29.0 Å². The van der Waals surface area contributed by atoms with E-state index in [9.17, 15) is 0 Å². The van der Waals surface area contributed by atoms with Gasteiger partial charge in [0.15, 0.2) is 0 Å². The first-order valence-corrected chi connectivity index (χ1v) is 7.37. The minimum absolute atomic E-state index is 0.372. The van der Waals surface area contributed by atoms with Gasteiger partial charge in [0.2, 0.25) is 0 Å². The number of nitrogens with zero attached hydrogens (tertiary/aromatic N) is 2. The lowest BCUT2D eigenvalue weighted by molar-refractivity contribution is 0.402. The number of fused-ring (bicyclic) bond motifs is 1. The lowest BCUT2D eigenvalue weighted by Crippen LogP contribution is -2.36. The van der Waals surface area contributed by atoms with Crippen LogP contribution < -0.4 is 5.73 Å². The minimum atomic E-state index is -0.372. The molecule has 4 heteroatoms. The Kier molecular flexibility index (Phi) is 3.06. The van der Waals surface area contributed by atoms with Crippen LogP contribution in [0, 0.1) is 0 Å². The molecule has 0 aliphatic heterocycles. The van der Waals surface area contributed by atoms with Crippen LogP contribution in [0.4, 0.5) is 0 Å². The first kappa shape index (κ1) is 12.9. The smallest absolute Gasteiger partial charge is 0.130 e. The molecule has 1 saturated carbocycles. The SMILES string of the molecule is CCCC(C)(N)c1nc2ccc(Cl)cc2n1C1CC1. The topological polar surface area (TPSA) is 43.8 Å². The third kappa shape index (κ3) is 2.26. The Bertz CT molecular complexity index is 611. The highest BCUT2D eigenvalue weighted by atomic mass is 35.5. The Balaban J connectivity index is 2.21. The fourth-order valence-corrected chi connectivity index (χ4v) is 2.97. The molecule has 1 unspecified atom stereocenters. The summed E-state index contributed by atoms with van der Waals surface area (Å²) >= 11 is 6.13. The van der Waals surface area contributed by atoms with Crippen molar-refractivity contribution < 1.29 is 0 Å². The molecule has 1 heterocycles. The first-order chi connectivity index (χ1) is 9.03. The summed E-state index contributed by atoms with van der Waals surface area (Å²) in [5.41, 5.74) is 8.25. The van der Waals surface area contributed by atoms with Crippen molar-refractivity contribution >= 4 is 22.6 Å². The van der Waals surface area contributed by atoms with Crippen LogP contribution in [0.3, 0.4) is 0 Å². The van der Waals surface area contributed by atoms with Crippen LogP contribution in [0.5, 0.6) is 0 Å². The molecule has 2 N–H and O–H groups in total. The molecule has 1 aromatic heterocycles. The molecular weight excluding hydrogens is 258 g/mol. The molecule has 3 rings (SSSR count). The highest BCUT2D eigenvalue weighted by Gasteiger charge is 2.34. The molecule has 3 nitrogen and oxygen atoms in total. The molecule has 0 spiro atoms. The molecule has 2 aromatic rings. The summed E-state index contributed by atoms with van der Waals surface area (Å²) in [6.45, 7) is 4.24. The first-order valence-electron chi connectivity index (χ1n) is 7.00. The van der Waals surface area contributed by atoms with Gasteiger partial charge in [-0.1, -0.05) is 24.9 Å². The van der Waals surface area contributed by atoms with E-state index in [2.05, 4.69) is 18.4 Å². The molecule has 1 aliphatic rings. The Morgan fingerprint density at radius 3 is 2.84 bits per heavy atom. The third-order valence-corrected chi connectivity index (χ3v) is 4.08. The van der Waals surface area contributed by atoms with Gasteiger partial charge >= 0.3 is 0 Å². The molecule has 102 valence electrons. The summed E-state index contributed by atoms with van der Waals surface area (Å²) in [7, 11) is 0. The van der Waals surface area contributed by atoms with Crippen molar-refractivity contribution in [1.82, 2.24) is 9.55 Å². The van der Waals surface area contributed by atoms with Gasteiger partial charge in [0.1, 0.15) is 5.82 Å². The second-order valence-electron chi connectivity index (χ2n) is 5.84. The van der Waals surface area contributed by atoms with Gasteiger partial charge in [0.25, 0.3) is 0 Å². The van der Waals surface area contributed by atoms with Gasteiger partial charge in [-0.2, -0.15) is 0 Å². The minimum Gasteiger partial charge on any atom is -0.323 e. The summed E-state index contributed by atoms with van der Waals surface area (Å²) in [5.74, 6) is 1.01. The number of halogens is 1. The Morgan fingerprint density at radius 2 is 2.21 bits per heavy atom. The molecule has 0 radical (unpaired) electrons. The number of nitrogens with two attached hydrogens (primary N) is 1. The largest absolute Gasteiger partial charge is 0.323 e. The number of imidazole rings is 1. The number of rotatable bonds is 4. The lowest BCUT2D eigenvalue weighted by atomic mass is 9.96. The number of benzene rings is 1. The van der Waals surface area contributed by atoms with Gasteiger partial charge in [-0.3, -0.25) is 0 Å². The van der Waals surface area contributed by atoms with Crippen molar-refractivity contribution in [1.29, 1.82) is 0 Å². The van der Waals surface area contributed by atoms with E-state index in [0.29, 0.717) is 6.04 Å². The molecule has 1 aliphatic carbocycles. The van der Waals surface area contributed by atoms with E-state index in [4.69, 9.17) is 22.3 Å². The number of hydrogen-bond donors (Lipinski definition) is 1. The van der Waals surface area contributed by atoms with E-state index in [1.54, 1.807) is 0 Å². The van der Waals surface area contributed by atoms with Crippen LogP contribution in [0.15, 0.2) is 18.2 Å². The van der Waals surface area contributed by atoms with E-state index < -0.39 is 0 Å². The molecule has 19 heavy (non-hydrogen) atoms. The summed E-state index contributed by atoms with van der Waals surface area (Å²) < 4.78 is 2.32. The molecule has 1 atom stereocenters. The maximum atomic E-state index is 6.50. The Morgan fingerprint density at radius 1 is 1.47 bits per heavy atom. The maximum Gasteiger partial charge on any atom is 0.130 e. The van der Waals surface area contributed by atoms with Crippen LogP contribution in [-0.4, -0.2) is 9.55 Å². The number of aromatic nitrogens is 2. The second kappa shape index (κ2) is 4.50. The standard InChI is InChI=1S/C15H20ClN3/c1-3-8-15(2,17)14-18-12-7-4-10(16)9-13(12)19(14)11-5-6-11/h4,7,9,11H,3,5-6,8,17H2,1-2H3. The van der Waals surface area contributed by atoms with Crippen LogP contribution in [0.25, 0.3) is 11.0 Å². The molecule has 0 bridgehead atoms. The zero-order valence-corrected chi connectivity index (χ0v) is 12.2. The lowest BCUT2D eigenvalue weighted by Gasteiger charge is -2.24. The maximum absolute atomic E-state index is 6.50. The summed E-state index contributed by atoms with van der Waals surface area (Å²) in [6, 6.07) is 6.44. The van der Waals surface area contributed by atoms with Crippen molar-refractivity contribution in [3.63, 3.8) is 0 Å². The van der Waals surface area contributed by atoms with Crippen LogP contribution in [0.1, 0.15) is 51.4 Å². The fourth-order valence-electron chi connectivity index (χ4n) is 2.80. The second-order valence-corrected chi connectivity index (χ2v) is 6.27. The van der Waals surface area contributed by atoms with E-state index in [1.165, 1.54) is 12.8 Å². The van der Waals surface area contributed by atoms with Gasteiger partial charge in [0, 0.05) is 11.1 Å². The molecule has 1 fully saturated rings. The van der Waals surface area contributed by atoms with Crippen molar-refractivity contribution in [2.24, 2.45) is 5.73 Å². The molecular formula is C15H20ClN3. The Hall–Kier alpha value is -1.06. The van der Waals surface area contributed by atoms with Gasteiger partial charge < -0.3 is 10.3 Å². The Labute approximate surface area is 118 Å². The third-order valence-electron chi connectivity index (χ3n) is 3.84. The van der Waals surface area contributed by atoms with Crippen LogP contribution in [-0.2, 0) is 5.54 Å². The molecule has 0 amide bonds. The highest BCUT2D eigenvalue weighted by molar-refractivity contribution is 6.31. The zero-order valence-electron chi connectivity index (χ0n) is 11.5. The van der Waals surface area contributed by atoms with Crippen molar-refractivity contribution in [2.45, 2.75) is 51.1 Å². The quantitative estimate of drug-likeness (QED) is 0.918.